The normalized spacial score (nSPS) is 14.5. The topological polar surface area (TPSA) is 117 Å². The summed E-state index contributed by atoms with van der Waals surface area (Å²) >= 11 is 0. The first kappa shape index (κ1) is 21.4. The summed E-state index contributed by atoms with van der Waals surface area (Å²) in [4.78, 5) is 21.2. The highest BCUT2D eigenvalue weighted by Crippen LogP contribution is 2.41. The molecule has 3 N–H and O–H groups in total. The Balaban J connectivity index is 1.61. The molecule has 0 radical (unpaired) electrons. The van der Waals surface area contributed by atoms with Crippen molar-refractivity contribution >= 4 is 17.2 Å². The number of anilines is 1. The van der Waals surface area contributed by atoms with Gasteiger partial charge in [-0.05, 0) is 32.9 Å². The molecule has 0 atom stereocenters. The maximum absolute atomic E-state index is 13.0. The maximum Gasteiger partial charge on any atom is 0.261 e. The van der Waals surface area contributed by atoms with Crippen LogP contribution >= 0.6 is 0 Å². The standard InChI is InChI=1S/C23H26N6O3/c1-4-29-13-15(12-27-29)14-31-20-9-19-16(10-23(2,3)32-19)8-18(20)28-22(30)17(11-24)21-25-6-5-7-26-21/h5-9,11-13H,4,10,14,24H2,1-3H3,(H,28,30). The van der Waals surface area contributed by atoms with Crippen LogP contribution in [0, 0.1) is 0 Å². The summed E-state index contributed by atoms with van der Waals surface area (Å²) in [5, 5.41) is 7.17. The van der Waals surface area contributed by atoms with Crippen LogP contribution in [0.25, 0.3) is 5.57 Å². The third-order valence-corrected chi connectivity index (χ3v) is 5.04. The van der Waals surface area contributed by atoms with Crippen LogP contribution in [0.15, 0.2) is 49.2 Å². The zero-order chi connectivity index (χ0) is 22.7. The van der Waals surface area contributed by atoms with Gasteiger partial charge in [0.05, 0.1) is 17.5 Å². The molecule has 3 heterocycles. The molecular formula is C23H26N6O3. The zero-order valence-electron chi connectivity index (χ0n) is 18.3. The first-order valence-electron chi connectivity index (χ1n) is 10.4. The van der Waals surface area contributed by atoms with E-state index < -0.39 is 5.91 Å². The highest BCUT2D eigenvalue weighted by molar-refractivity contribution is 6.24. The van der Waals surface area contributed by atoms with Crippen molar-refractivity contribution in [3.8, 4) is 11.5 Å². The number of rotatable bonds is 7. The lowest BCUT2D eigenvalue weighted by atomic mass is 10.0. The maximum atomic E-state index is 13.0. The number of ether oxygens (including phenoxy) is 2. The molecule has 1 aliphatic heterocycles. The van der Waals surface area contributed by atoms with E-state index in [1.54, 1.807) is 24.7 Å². The molecule has 9 nitrogen and oxygen atoms in total. The quantitative estimate of drug-likeness (QED) is 0.549. The van der Waals surface area contributed by atoms with Crippen molar-refractivity contribution in [2.45, 2.75) is 45.9 Å². The van der Waals surface area contributed by atoms with E-state index in [0.29, 0.717) is 18.0 Å². The molecular weight excluding hydrogens is 408 g/mol. The summed E-state index contributed by atoms with van der Waals surface area (Å²) in [5.74, 6) is 1.05. The Morgan fingerprint density at radius 2 is 2.12 bits per heavy atom. The van der Waals surface area contributed by atoms with Crippen LogP contribution in [-0.2, 0) is 24.4 Å². The minimum absolute atomic E-state index is 0.165. The van der Waals surface area contributed by atoms with Crippen molar-refractivity contribution in [3.05, 3.63) is 66.1 Å². The molecule has 0 aliphatic carbocycles. The number of hydrogen-bond donors (Lipinski definition) is 2. The Labute approximate surface area is 186 Å². The summed E-state index contributed by atoms with van der Waals surface area (Å²) in [6.07, 6.45) is 8.71. The Kier molecular flexibility index (Phi) is 5.81. The van der Waals surface area contributed by atoms with E-state index in [0.717, 1.165) is 29.8 Å². The van der Waals surface area contributed by atoms with Crippen LogP contribution in [-0.4, -0.2) is 31.3 Å². The van der Waals surface area contributed by atoms with Crippen molar-refractivity contribution in [1.82, 2.24) is 19.7 Å². The van der Waals surface area contributed by atoms with Crippen LogP contribution < -0.4 is 20.5 Å². The van der Waals surface area contributed by atoms with Crippen LogP contribution in [0.4, 0.5) is 5.69 Å². The van der Waals surface area contributed by atoms with E-state index in [2.05, 4.69) is 20.4 Å². The summed E-state index contributed by atoms with van der Waals surface area (Å²) in [6, 6.07) is 5.37. The fourth-order valence-corrected chi connectivity index (χ4v) is 3.54. The number of aromatic nitrogens is 4. The van der Waals surface area contributed by atoms with Gasteiger partial charge in [0.25, 0.3) is 5.91 Å². The van der Waals surface area contributed by atoms with Gasteiger partial charge in [-0.1, -0.05) is 0 Å². The van der Waals surface area contributed by atoms with Gasteiger partial charge < -0.3 is 20.5 Å². The molecule has 0 saturated carbocycles. The van der Waals surface area contributed by atoms with Gasteiger partial charge >= 0.3 is 0 Å². The molecule has 2 aromatic heterocycles. The second-order valence-corrected chi connectivity index (χ2v) is 8.09. The van der Waals surface area contributed by atoms with E-state index in [1.165, 1.54) is 6.20 Å². The number of fused-ring (bicyclic) bond motifs is 1. The van der Waals surface area contributed by atoms with Crippen molar-refractivity contribution in [2.24, 2.45) is 5.73 Å². The molecule has 9 heteroatoms. The number of aryl methyl sites for hydroxylation is 1. The molecule has 1 amide bonds. The zero-order valence-corrected chi connectivity index (χ0v) is 18.3. The number of nitrogens with one attached hydrogen (secondary N) is 1. The lowest BCUT2D eigenvalue weighted by Gasteiger charge is -2.17. The number of nitrogens with zero attached hydrogens (tertiary/aromatic N) is 4. The first-order chi connectivity index (χ1) is 15.4. The van der Waals surface area contributed by atoms with Crippen LogP contribution in [0.3, 0.4) is 0 Å². The average molecular weight is 435 g/mol. The summed E-state index contributed by atoms with van der Waals surface area (Å²) in [6.45, 7) is 7.13. The first-order valence-corrected chi connectivity index (χ1v) is 10.4. The summed E-state index contributed by atoms with van der Waals surface area (Å²) < 4.78 is 13.9. The molecule has 1 aromatic carbocycles. The van der Waals surface area contributed by atoms with Crippen LogP contribution in [0.5, 0.6) is 11.5 Å². The number of hydrogen-bond acceptors (Lipinski definition) is 7. The van der Waals surface area contributed by atoms with E-state index >= 15 is 0 Å². The fourth-order valence-electron chi connectivity index (χ4n) is 3.54. The highest BCUT2D eigenvalue weighted by atomic mass is 16.5. The molecule has 0 bridgehead atoms. The predicted octanol–water partition coefficient (Wildman–Crippen LogP) is 2.92. The van der Waals surface area contributed by atoms with Crippen molar-refractivity contribution in [2.75, 3.05) is 5.32 Å². The molecule has 32 heavy (non-hydrogen) atoms. The van der Waals surface area contributed by atoms with Gasteiger partial charge in [-0.2, -0.15) is 5.10 Å². The Morgan fingerprint density at radius 3 is 2.81 bits per heavy atom. The Bertz CT molecular complexity index is 1150. The monoisotopic (exact) mass is 434 g/mol. The summed E-state index contributed by atoms with van der Waals surface area (Å²) in [7, 11) is 0. The molecule has 0 spiro atoms. The van der Waals surface area contributed by atoms with Gasteiger partial charge in [0.1, 0.15) is 23.7 Å². The Morgan fingerprint density at radius 1 is 1.34 bits per heavy atom. The van der Waals surface area contributed by atoms with E-state index in [9.17, 15) is 4.79 Å². The number of carbonyl (C=O) groups excluding carboxylic acids is 1. The second kappa shape index (κ2) is 8.70. The average Bonchev–Trinajstić information content (AvgIpc) is 3.35. The molecule has 166 valence electrons. The third kappa shape index (κ3) is 4.56. The van der Waals surface area contributed by atoms with Gasteiger partial charge in [0.2, 0.25) is 0 Å². The third-order valence-electron chi connectivity index (χ3n) is 5.04. The van der Waals surface area contributed by atoms with Crippen LogP contribution in [0.1, 0.15) is 37.7 Å². The van der Waals surface area contributed by atoms with Gasteiger partial charge in [-0.15, -0.1) is 0 Å². The molecule has 0 saturated heterocycles. The van der Waals surface area contributed by atoms with Crippen LogP contribution in [0.2, 0.25) is 0 Å². The SMILES string of the molecule is CCn1cc(COc2cc3c(cc2NC(=O)C(=CN)c2ncccn2)CC(C)(C)O3)cn1. The minimum atomic E-state index is -0.430. The van der Waals surface area contributed by atoms with Crippen molar-refractivity contribution in [3.63, 3.8) is 0 Å². The predicted molar refractivity (Wildman–Crippen MR) is 120 cm³/mol. The van der Waals surface area contributed by atoms with Crippen molar-refractivity contribution in [1.29, 1.82) is 0 Å². The lowest BCUT2D eigenvalue weighted by molar-refractivity contribution is -0.111. The number of nitrogens with two attached hydrogens (primary N) is 1. The molecule has 0 unspecified atom stereocenters. The molecule has 3 aromatic rings. The largest absolute Gasteiger partial charge is 0.487 e. The van der Waals surface area contributed by atoms with E-state index in [-0.39, 0.29) is 17.0 Å². The number of amides is 1. The summed E-state index contributed by atoms with van der Waals surface area (Å²) in [5.41, 5.74) is 7.98. The second-order valence-electron chi connectivity index (χ2n) is 8.09. The minimum Gasteiger partial charge on any atom is -0.487 e. The highest BCUT2D eigenvalue weighted by Gasteiger charge is 2.31. The van der Waals surface area contributed by atoms with Gasteiger partial charge in [-0.3, -0.25) is 9.48 Å². The molecule has 4 rings (SSSR count). The van der Waals surface area contributed by atoms with Gasteiger partial charge in [0, 0.05) is 54.9 Å². The lowest BCUT2D eigenvalue weighted by Crippen LogP contribution is -2.24. The molecule has 1 aliphatic rings. The van der Waals surface area contributed by atoms with E-state index in [4.69, 9.17) is 15.2 Å². The fraction of sp³-hybridized carbons (Fsp3) is 0.304. The van der Waals surface area contributed by atoms with Gasteiger partial charge in [-0.25, -0.2) is 9.97 Å². The van der Waals surface area contributed by atoms with E-state index in [1.807, 2.05) is 43.8 Å². The number of carbonyl (C=O) groups is 1. The van der Waals surface area contributed by atoms with Gasteiger partial charge in [0.15, 0.2) is 5.82 Å². The molecule has 0 fully saturated rings. The number of benzene rings is 1. The smallest absolute Gasteiger partial charge is 0.261 e. The Hall–Kier alpha value is -3.88. The van der Waals surface area contributed by atoms with Crippen molar-refractivity contribution < 1.29 is 14.3 Å².